The number of hydrogen-bond donors (Lipinski definition) is 1. The summed E-state index contributed by atoms with van der Waals surface area (Å²) in [7, 11) is 1.60. The molecule has 2 aromatic rings. The van der Waals surface area contributed by atoms with Gasteiger partial charge in [-0.25, -0.2) is 4.39 Å². The highest BCUT2D eigenvalue weighted by Gasteiger charge is 2.19. The molecule has 0 bridgehead atoms. The Hall–Kier alpha value is -1.78. The van der Waals surface area contributed by atoms with E-state index in [2.05, 4.69) is 0 Å². The van der Waals surface area contributed by atoms with E-state index in [1.54, 1.807) is 7.11 Å². The molecule has 0 aliphatic carbocycles. The van der Waals surface area contributed by atoms with Crippen molar-refractivity contribution in [3.05, 3.63) is 58.9 Å². The van der Waals surface area contributed by atoms with E-state index in [4.69, 9.17) is 26.8 Å². The number of rotatable bonds is 5. The van der Waals surface area contributed by atoms with Gasteiger partial charge in [0.1, 0.15) is 23.4 Å². The van der Waals surface area contributed by atoms with Gasteiger partial charge in [0, 0.05) is 6.04 Å². The number of methoxy groups -OCH3 is 1. The van der Waals surface area contributed by atoms with Gasteiger partial charge in [0.25, 0.3) is 0 Å². The summed E-state index contributed by atoms with van der Waals surface area (Å²) in [6.07, 6.45) is -0.390. The Morgan fingerprint density at radius 2 is 1.81 bits per heavy atom. The molecule has 2 N–H and O–H groups in total. The molecular weight excluding hydrogens is 293 g/mol. The maximum Gasteiger partial charge on any atom is 0.139 e. The largest absolute Gasteiger partial charge is 0.497 e. The molecule has 21 heavy (non-hydrogen) atoms. The smallest absolute Gasteiger partial charge is 0.139 e. The van der Waals surface area contributed by atoms with E-state index in [-0.39, 0.29) is 17.2 Å². The summed E-state index contributed by atoms with van der Waals surface area (Å²) >= 11 is 5.99. The quantitative estimate of drug-likeness (QED) is 0.909. The van der Waals surface area contributed by atoms with Crippen LogP contribution in [0.15, 0.2) is 42.5 Å². The first-order valence-electron chi connectivity index (χ1n) is 6.52. The molecule has 2 aromatic carbocycles. The van der Waals surface area contributed by atoms with Gasteiger partial charge in [-0.15, -0.1) is 0 Å². The van der Waals surface area contributed by atoms with Crippen LogP contribution in [-0.2, 0) is 0 Å². The van der Waals surface area contributed by atoms with Crippen LogP contribution >= 0.6 is 11.6 Å². The van der Waals surface area contributed by atoms with Gasteiger partial charge in [0.2, 0.25) is 0 Å². The van der Waals surface area contributed by atoms with Crippen LogP contribution in [-0.4, -0.2) is 13.2 Å². The predicted molar refractivity (Wildman–Crippen MR) is 81.4 cm³/mol. The van der Waals surface area contributed by atoms with Crippen molar-refractivity contribution in [3.8, 4) is 11.5 Å². The summed E-state index contributed by atoms with van der Waals surface area (Å²) < 4.78 is 24.1. The second kappa shape index (κ2) is 6.78. The summed E-state index contributed by atoms with van der Waals surface area (Å²) in [5.74, 6) is 0.743. The van der Waals surface area contributed by atoms with E-state index >= 15 is 0 Å². The van der Waals surface area contributed by atoms with Gasteiger partial charge < -0.3 is 15.2 Å². The Balaban J connectivity index is 2.26. The summed E-state index contributed by atoms with van der Waals surface area (Å²) in [4.78, 5) is 0. The molecule has 0 saturated carbocycles. The SMILES string of the molecule is COc1ccc(C(Oc2ccc(F)cc2Cl)C(C)N)cc1. The first kappa shape index (κ1) is 15.6. The van der Waals surface area contributed by atoms with Crippen molar-refractivity contribution in [2.24, 2.45) is 5.73 Å². The van der Waals surface area contributed by atoms with E-state index in [0.29, 0.717) is 5.75 Å². The monoisotopic (exact) mass is 309 g/mol. The van der Waals surface area contributed by atoms with Crippen LogP contribution in [0.5, 0.6) is 11.5 Å². The Kier molecular flexibility index (Phi) is 5.04. The van der Waals surface area contributed by atoms with Crippen molar-refractivity contribution in [3.63, 3.8) is 0 Å². The fourth-order valence-electron chi connectivity index (χ4n) is 1.98. The van der Waals surface area contributed by atoms with E-state index in [1.165, 1.54) is 18.2 Å². The number of nitrogens with two attached hydrogens (primary N) is 1. The van der Waals surface area contributed by atoms with Gasteiger partial charge in [-0.1, -0.05) is 23.7 Å². The van der Waals surface area contributed by atoms with Crippen LogP contribution in [0.4, 0.5) is 4.39 Å². The summed E-state index contributed by atoms with van der Waals surface area (Å²) in [6, 6.07) is 11.2. The van der Waals surface area contributed by atoms with Crippen molar-refractivity contribution >= 4 is 11.6 Å². The van der Waals surface area contributed by atoms with Crippen molar-refractivity contribution in [1.82, 2.24) is 0 Å². The third kappa shape index (κ3) is 3.86. The Morgan fingerprint density at radius 3 is 2.33 bits per heavy atom. The standard InChI is InChI=1S/C16H17ClFNO2/c1-10(19)16(11-3-6-13(20-2)7-4-11)21-15-8-5-12(18)9-14(15)17/h3-10,16H,19H2,1-2H3. The van der Waals surface area contributed by atoms with E-state index < -0.39 is 5.82 Å². The van der Waals surface area contributed by atoms with Crippen molar-refractivity contribution in [1.29, 1.82) is 0 Å². The number of ether oxygens (including phenoxy) is 2. The molecule has 0 aromatic heterocycles. The van der Waals surface area contributed by atoms with Crippen molar-refractivity contribution < 1.29 is 13.9 Å². The molecule has 0 amide bonds. The van der Waals surface area contributed by atoms with Crippen molar-refractivity contribution in [2.75, 3.05) is 7.11 Å². The molecule has 2 rings (SSSR count). The van der Waals surface area contributed by atoms with E-state index in [9.17, 15) is 4.39 Å². The topological polar surface area (TPSA) is 44.5 Å². The first-order chi connectivity index (χ1) is 10.0. The highest BCUT2D eigenvalue weighted by Crippen LogP contribution is 2.31. The van der Waals surface area contributed by atoms with Crippen LogP contribution in [0.2, 0.25) is 5.02 Å². The zero-order valence-electron chi connectivity index (χ0n) is 11.8. The van der Waals surface area contributed by atoms with Gasteiger partial charge in [-0.05, 0) is 42.8 Å². The number of benzene rings is 2. The zero-order valence-corrected chi connectivity index (χ0v) is 12.6. The summed E-state index contributed by atoms with van der Waals surface area (Å²) in [6.45, 7) is 1.84. The van der Waals surface area contributed by atoms with Crippen LogP contribution in [0.3, 0.4) is 0 Å². The molecular formula is C16H17ClFNO2. The normalized spacial score (nSPS) is 13.6. The van der Waals surface area contributed by atoms with Gasteiger partial charge in [0.15, 0.2) is 0 Å². The van der Waals surface area contributed by atoms with Gasteiger partial charge in [-0.2, -0.15) is 0 Å². The minimum atomic E-state index is -0.408. The number of hydrogen-bond acceptors (Lipinski definition) is 3. The third-order valence-electron chi connectivity index (χ3n) is 3.07. The lowest BCUT2D eigenvalue weighted by Gasteiger charge is -2.23. The Labute approximate surface area is 128 Å². The lowest BCUT2D eigenvalue weighted by molar-refractivity contribution is 0.180. The van der Waals surface area contributed by atoms with Gasteiger partial charge >= 0.3 is 0 Å². The third-order valence-corrected chi connectivity index (χ3v) is 3.37. The van der Waals surface area contributed by atoms with Crippen LogP contribution in [0, 0.1) is 5.82 Å². The molecule has 112 valence electrons. The average Bonchev–Trinajstić information content (AvgIpc) is 2.46. The number of halogens is 2. The Bertz CT molecular complexity index is 602. The summed E-state index contributed by atoms with van der Waals surface area (Å²) in [5, 5.41) is 0.217. The fraction of sp³-hybridized carbons (Fsp3) is 0.250. The molecule has 0 saturated heterocycles. The van der Waals surface area contributed by atoms with Crippen molar-refractivity contribution in [2.45, 2.75) is 19.1 Å². The van der Waals surface area contributed by atoms with E-state index in [0.717, 1.165) is 11.3 Å². The molecule has 3 nitrogen and oxygen atoms in total. The molecule has 0 heterocycles. The molecule has 0 fully saturated rings. The molecule has 0 aliphatic rings. The average molecular weight is 310 g/mol. The molecule has 2 unspecified atom stereocenters. The Morgan fingerprint density at radius 1 is 1.14 bits per heavy atom. The van der Waals surface area contributed by atoms with Gasteiger partial charge in [-0.3, -0.25) is 0 Å². The molecule has 0 aliphatic heterocycles. The molecule has 5 heteroatoms. The summed E-state index contributed by atoms with van der Waals surface area (Å²) in [5.41, 5.74) is 6.89. The zero-order chi connectivity index (χ0) is 15.4. The maximum absolute atomic E-state index is 13.1. The second-order valence-electron chi connectivity index (χ2n) is 4.75. The maximum atomic E-state index is 13.1. The minimum Gasteiger partial charge on any atom is -0.497 e. The lowest BCUT2D eigenvalue weighted by Crippen LogP contribution is -2.29. The highest BCUT2D eigenvalue weighted by molar-refractivity contribution is 6.32. The minimum absolute atomic E-state index is 0.217. The van der Waals surface area contributed by atoms with Crippen LogP contribution in [0.25, 0.3) is 0 Å². The van der Waals surface area contributed by atoms with Gasteiger partial charge in [0.05, 0.1) is 12.1 Å². The first-order valence-corrected chi connectivity index (χ1v) is 6.90. The fourth-order valence-corrected chi connectivity index (χ4v) is 2.19. The molecule has 0 radical (unpaired) electrons. The molecule has 2 atom stereocenters. The van der Waals surface area contributed by atoms with E-state index in [1.807, 2.05) is 31.2 Å². The highest BCUT2D eigenvalue weighted by atomic mass is 35.5. The predicted octanol–water partition coefficient (Wildman–Crippen LogP) is 3.96. The lowest BCUT2D eigenvalue weighted by atomic mass is 10.0. The second-order valence-corrected chi connectivity index (χ2v) is 5.15. The van der Waals surface area contributed by atoms with Crippen LogP contribution in [0.1, 0.15) is 18.6 Å². The van der Waals surface area contributed by atoms with Crippen LogP contribution < -0.4 is 15.2 Å². The molecule has 0 spiro atoms.